The van der Waals surface area contributed by atoms with Gasteiger partial charge in [0.05, 0.1) is 17.6 Å². The number of alkyl halides is 2. The van der Waals surface area contributed by atoms with Gasteiger partial charge in [0.2, 0.25) is 10.0 Å². The average Bonchev–Trinajstić information content (AvgIpc) is 3.03. The zero-order chi connectivity index (χ0) is 17.4. The maximum atomic E-state index is 12.7. The van der Waals surface area contributed by atoms with Crippen LogP contribution in [0.1, 0.15) is 30.4 Å². The largest absolute Gasteiger partial charge is 0.333 e. The normalized spacial score (nSPS) is 12.5. The molecule has 2 aromatic rings. The highest BCUT2D eigenvalue weighted by molar-refractivity contribution is 7.89. The Labute approximate surface area is 133 Å². The van der Waals surface area contributed by atoms with Crippen molar-refractivity contribution in [3.05, 3.63) is 29.3 Å². The number of hydrogen-bond acceptors (Lipinski definition) is 4. The highest BCUT2D eigenvalue weighted by atomic mass is 32.2. The summed E-state index contributed by atoms with van der Waals surface area (Å²) in [5, 5.41) is 7.81. The van der Waals surface area contributed by atoms with Gasteiger partial charge in [-0.15, -0.1) is 0 Å². The molecule has 0 N–H and O–H groups in total. The number of nitrogens with zero attached hydrogens (tertiary/aromatic N) is 5. The van der Waals surface area contributed by atoms with Gasteiger partial charge in [0.15, 0.2) is 0 Å². The van der Waals surface area contributed by atoms with E-state index in [-0.39, 0.29) is 17.1 Å². The van der Waals surface area contributed by atoms with Crippen molar-refractivity contribution in [1.29, 1.82) is 0 Å². The van der Waals surface area contributed by atoms with Crippen LogP contribution < -0.4 is 0 Å². The van der Waals surface area contributed by atoms with Crippen LogP contribution in [0.3, 0.4) is 0 Å². The van der Waals surface area contributed by atoms with Crippen LogP contribution in [0.15, 0.2) is 17.3 Å². The minimum atomic E-state index is -3.92. The van der Waals surface area contributed by atoms with Crippen LogP contribution in [0.4, 0.5) is 8.78 Å². The van der Waals surface area contributed by atoms with Crippen LogP contribution in [0, 0.1) is 13.8 Å². The Morgan fingerprint density at radius 3 is 2.35 bits per heavy atom. The summed E-state index contributed by atoms with van der Waals surface area (Å²) < 4.78 is 53.7. The van der Waals surface area contributed by atoms with E-state index in [0.717, 1.165) is 21.8 Å². The van der Waals surface area contributed by atoms with Crippen molar-refractivity contribution >= 4 is 10.0 Å². The van der Waals surface area contributed by atoms with Gasteiger partial charge in [0, 0.05) is 31.9 Å². The van der Waals surface area contributed by atoms with Gasteiger partial charge in [-0.05, 0) is 20.8 Å². The summed E-state index contributed by atoms with van der Waals surface area (Å²) in [4.78, 5) is -0.221. The first-order valence-corrected chi connectivity index (χ1v) is 8.44. The molecule has 0 saturated heterocycles. The zero-order valence-electron chi connectivity index (χ0n) is 13.4. The maximum Gasteiger partial charge on any atom is 0.333 e. The SMILES string of the molecule is CCn1cc(CN(C)S(=O)(=O)c2cn(C(F)F)nc2C)c(C)n1. The molecule has 0 atom stereocenters. The van der Waals surface area contributed by atoms with E-state index >= 15 is 0 Å². The van der Waals surface area contributed by atoms with Crippen LogP contribution in [-0.2, 0) is 23.1 Å². The van der Waals surface area contributed by atoms with E-state index in [9.17, 15) is 17.2 Å². The summed E-state index contributed by atoms with van der Waals surface area (Å²) in [6.07, 6.45) is 2.63. The highest BCUT2D eigenvalue weighted by Gasteiger charge is 2.27. The van der Waals surface area contributed by atoms with Crippen molar-refractivity contribution in [3.63, 3.8) is 0 Å². The van der Waals surface area contributed by atoms with Crippen LogP contribution >= 0.6 is 0 Å². The van der Waals surface area contributed by atoms with E-state index in [1.54, 1.807) is 17.8 Å². The minimum Gasteiger partial charge on any atom is -0.272 e. The lowest BCUT2D eigenvalue weighted by Crippen LogP contribution is -2.27. The molecule has 0 amide bonds. The van der Waals surface area contributed by atoms with Crippen LogP contribution in [0.5, 0.6) is 0 Å². The molecule has 7 nitrogen and oxygen atoms in total. The predicted molar refractivity (Wildman–Crippen MR) is 79.5 cm³/mol. The van der Waals surface area contributed by atoms with Crippen LogP contribution in [-0.4, -0.2) is 39.3 Å². The third-order valence-electron chi connectivity index (χ3n) is 3.52. The number of hydrogen-bond donors (Lipinski definition) is 0. The minimum absolute atomic E-state index is 0.0399. The van der Waals surface area contributed by atoms with Crippen molar-refractivity contribution in [1.82, 2.24) is 23.9 Å². The Morgan fingerprint density at radius 2 is 1.87 bits per heavy atom. The first-order chi connectivity index (χ1) is 10.7. The van der Waals surface area contributed by atoms with E-state index < -0.39 is 16.6 Å². The van der Waals surface area contributed by atoms with Gasteiger partial charge >= 0.3 is 6.55 Å². The molecule has 0 saturated carbocycles. The number of rotatable bonds is 6. The zero-order valence-corrected chi connectivity index (χ0v) is 14.2. The number of sulfonamides is 1. The summed E-state index contributed by atoms with van der Waals surface area (Å²) in [6.45, 7) is 3.01. The van der Waals surface area contributed by atoms with Crippen molar-refractivity contribution < 1.29 is 17.2 Å². The second-order valence-electron chi connectivity index (χ2n) is 5.19. The highest BCUT2D eigenvalue weighted by Crippen LogP contribution is 2.22. The number of halogens is 2. The molecular weight excluding hydrogens is 328 g/mol. The van der Waals surface area contributed by atoms with E-state index in [4.69, 9.17) is 0 Å². The molecule has 10 heteroatoms. The van der Waals surface area contributed by atoms with Crippen molar-refractivity contribution in [2.75, 3.05) is 7.05 Å². The van der Waals surface area contributed by atoms with E-state index in [2.05, 4.69) is 10.2 Å². The third kappa shape index (κ3) is 3.42. The monoisotopic (exact) mass is 347 g/mol. The quantitative estimate of drug-likeness (QED) is 0.800. The summed E-state index contributed by atoms with van der Waals surface area (Å²) in [6, 6.07) is 0. The molecule has 2 aromatic heterocycles. The molecule has 0 spiro atoms. The second kappa shape index (κ2) is 6.36. The lowest BCUT2D eigenvalue weighted by molar-refractivity contribution is 0.0561. The van der Waals surface area contributed by atoms with Gasteiger partial charge in [-0.1, -0.05) is 0 Å². The Balaban J connectivity index is 2.30. The van der Waals surface area contributed by atoms with Crippen molar-refractivity contribution in [3.8, 4) is 0 Å². The lowest BCUT2D eigenvalue weighted by Gasteiger charge is -2.16. The molecule has 0 bridgehead atoms. The molecule has 2 heterocycles. The van der Waals surface area contributed by atoms with Crippen LogP contribution in [0.2, 0.25) is 0 Å². The second-order valence-corrected chi connectivity index (χ2v) is 7.21. The van der Waals surface area contributed by atoms with Crippen molar-refractivity contribution in [2.24, 2.45) is 0 Å². The lowest BCUT2D eigenvalue weighted by atomic mass is 10.3. The maximum absolute atomic E-state index is 12.7. The molecule has 2 rings (SSSR count). The molecule has 0 radical (unpaired) electrons. The van der Waals surface area contributed by atoms with Gasteiger partial charge in [-0.2, -0.15) is 23.3 Å². The predicted octanol–water partition coefficient (Wildman–Crippen LogP) is 1.93. The molecule has 0 aliphatic carbocycles. The summed E-state index contributed by atoms with van der Waals surface area (Å²) in [5.41, 5.74) is 1.53. The molecule has 0 fully saturated rings. The summed E-state index contributed by atoms with van der Waals surface area (Å²) in [5.74, 6) is 0. The Hall–Kier alpha value is -1.81. The molecule has 0 aliphatic heterocycles. The van der Waals surface area contributed by atoms with Crippen LogP contribution in [0.25, 0.3) is 0 Å². The first kappa shape index (κ1) is 17.5. The van der Waals surface area contributed by atoms with E-state index in [1.807, 2.05) is 6.92 Å². The Kier molecular flexibility index (Phi) is 4.85. The molecule has 23 heavy (non-hydrogen) atoms. The van der Waals surface area contributed by atoms with Gasteiger partial charge in [-0.25, -0.2) is 13.1 Å². The fourth-order valence-electron chi connectivity index (χ4n) is 2.19. The van der Waals surface area contributed by atoms with E-state index in [0.29, 0.717) is 11.2 Å². The summed E-state index contributed by atoms with van der Waals surface area (Å²) in [7, 11) is -2.52. The third-order valence-corrected chi connectivity index (χ3v) is 5.43. The fraction of sp³-hybridized carbons (Fsp3) is 0.538. The Bertz CT molecular complexity index is 797. The summed E-state index contributed by atoms with van der Waals surface area (Å²) >= 11 is 0. The van der Waals surface area contributed by atoms with Gasteiger partial charge in [0.25, 0.3) is 0 Å². The van der Waals surface area contributed by atoms with Gasteiger partial charge in [0.1, 0.15) is 4.90 Å². The average molecular weight is 347 g/mol. The molecule has 0 unspecified atom stereocenters. The number of aromatic nitrogens is 4. The first-order valence-electron chi connectivity index (χ1n) is 7.00. The Morgan fingerprint density at radius 1 is 1.22 bits per heavy atom. The fourth-order valence-corrected chi connectivity index (χ4v) is 3.49. The molecule has 0 aliphatic rings. The molecule has 0 aromatic carbocycles. The molecule has 128 valence electrons. The van der Waals surface area contributed by atoms with E-state index in [1.165, 1.54) is 14.0 Å². The number of aryl methyl sites for hydroxylation is 3. The van der Waals surface area contributed by atoms with Gasteiger partial charge in [-0.3, -0.25) is 4.68 Å². The topological polar surface area (TPSA) is 73.0 Å². The van der Waals surface area contributed by atoms with Gasteiger partial charge < -0.3 is 0 Å². The van der Waals surface area contributed by atoms with Crippen molar-refractivity contribution in [2.45, 2.75) is 45.3 Å². The molecular formula is C13H19F2N5O2S. The smallest absolute Gasteiger partial charge is 0.272 e. The standard InChI is InChI=1S/C13H19F2N5O2S/c1-5-19-7-11(9(2)16-19)6-18(4)23(21,22)12-8-20(13(14)15)17-10(12)3/h7-8,13H,5-6H2,1-4H3.